The minimum atomic E-state index is -0.684. The number of ether oxygens (including phenoxy) is 1. The highest BCUT2D eigenvalue weighted by molar-refractivity contribution is 7.85. The number of benzene rings is 1. The van der Waals surface area contributed by atoms with E-state index in [0.717, 1.165) is 54.2 Å². The second kappa shape index (κ2) is 7.59. The number of carbonyl (C=O) groups is 1. The van der Waals surface area contributed by atoms with Gasteiger partial charge in [-0.1, -0.05) is 6.07 Å². The summed E-state index contributed by atoms with van der Waals surface area (Å²) in [5.41, 5.74) is 2.56. The molecule has 1 aliphatic heterocycles. The largest absolute Gasteiger partial charge is 0.490 e. The van der Waals surface area contributed by atoms with E-state index < -0.39 is 10.8 Å². The SMILES string of the molecule is O=C(Nc1nc2cccc(-c3ccc(OC4CCS(=O)CC4)cc3)n2n1)C1CC1. The molecule has 1 saturated carbocycles. The van der Waals surface area contributed by atoms with Gasteiger partial charge in [0.25, 0.3) is 0 Å². The molecule has 5 rings (SSSR count). The van der Waals surface area contributed by atoms with Crippen LogP contribution in [0, 0.1) is 5.92 Å². The number of aromatic nitrogens is 3. The Balaban J connectivity index is 1.35. The predicted octanol–water partition coefficient (Wildman–Crippen LogP) is 3.03. The molecule has 1 saturated heterocycles. The summed E-state index contributed by atoms with van der Waals surface area (Å²) in [6.45, 7) is 0. The summed E-state index contributed by atoms with van der Waals surface area (Å²) in [4.78, 5) is 16.4. The number of hydrogen-bond donors (Lipinski definition) is 1. The fourth-order valence-corrected chi connectivity index (χ4v) is 4.78. The van der Waals surface area contributed by atoms with Crippen LogP contribution in [-0.2, 0) is 15.6 Å². The molecule has 2 aromatic heterocycles. The molecule has 2 fully saturated rings. The van der Waals surface area contributed by atoms with Crippen LogP contribution >= 0.6 is 0 Å². The van der Waals surface area contributed by atoms with Crippen molar-refractivity contribution in [1.29, 1.82) is 0 Å². The molecule has 1 N–H and O–H groups in total. The first-order valence-electron chi connectivity index (χ1n) is 9.94. The van der Waals surface area contributed by atoms with Gasteiger partial charge in [0.1, 0.15) is 11.9 Å². The fraction of sp³-hybridized carbons (Fsp3) is 0.381. The highest BCUT2D eigenvalue weighted by Gasteiger charge is 2.30. The van der Waals surface area contributed by atoms with E-state index in [1.54, 1.807) is 4.52 Å². The molecule has 7 nitrogen and oxygen atoms in total. The average molecular weight is 410 g/mol. The molecule has 150 valence electrons. The average Bonchev–Trinajstić information content (AvgIpc) is 3.50. The highest BCUT2D eigenvalue weighted by atomic mass is 32.2. The van der Waals surface area contributed by atoms with Gasteiger partial charge in [0, 0.05) is 33.8 Å². The number of fused-ring (bicyclic) bond motifs is 1. The minimum absolute atomic E-state index is 0.00416. The van der Waals surface area contributed by atoms with Crippen molar-refractivity contribution in [3.63, 3.8) is 0 Å². The molecular weight excluding hydrogens is 388 g/mol. The Morgan fingerprint density at radius 2 is 1.83 bits per heavy atom. The van der Waals surface area contributed by atoms with Gasteiger partial charge in [-0.25, -0.2) is 4.52 Å². The van der Waals surface area contributed by atoms with Crippen LogP contribution in [-0.4, -0.2) is 42.3 Å². The lowest BCUT2D eigenvalue weighted by Gasteiger charge is -2.22. The molecule has 8 heteroatoms. The minimum Gasteiger partial charge on any atom is -0.490 e. The lowest BCUT2D eigenvalue weighted by atomic mass is 10.1. The zero-order valence-corrected chi connectivity index (χ0v) is 16.7. The van der Waals surface area contributed by atoms with Crippen molar-refractivity contribution in [1.82, 2.24) is 14.6 Å². The molecule has 0 atom stereocenters. The van der Waals surface area contributed by atoms with Crippen LogP contribution in [0.15, 0.2) is 42.5 Å². The molecule has 0 unspecified atom stereocenters. The normalized spacial score (nSPS) is 21.8. The zero-order chi connectivity index (χ0) is 19.8. The molecule has 2 aliphatic rings. The Morgan fingerprint density at radius 1 is 1.07 bits per heavy atom. The van der Waals surface area contributed by atoms with Crippen molar-refractivity contribution < 1.29 is 13.7 Å². The van der Waals surface area contributed by atoms with Crippen LogP contribution < -0.4 is 10.1 Å². The molecule has 3 heterocycles. The topological polar surface area (TPSA) is 85.6 Å². The maximum Gasteiger partial charge on any atom is 0.249 e. The number of carbonyl (C=O) groups excluding carboxylic acids is 1. The van der Waals surface area contributed by atoms with Crippen molar-refractivity contribution in [2.24, 2.45) is 5.92 Å². The molecule has 0 radical (unpaired) electrons. The summed E-state index contributed by atoms with van der Waals surface area (Å²) in [5, 5.41) is 7.28. The summed E-state index contributed by atoms with van der Waals surface area (Å²) in [7, 11) is -0.684. The lowest BCUT2D eigenvalue weighted by Crippen LogP contribution is -2.27. The van der Waals surface area contributed by atoms with E-state index in [-0.39, 0.29) is 17.9 Å². The van der Waals surface area contributed by atoms with Crippen molar-refractivity contribution in [2.75, 3.05) is 16.8 Å². The quantitative estimate of drug-likeness (QED) is 0.699. The van der Waals surface area contributed by atoms with Gasteiger partial charge in [-0.15, -0.1) is 5.10 Å². The molecule has 1 aliphatic carbocycles. The van der Waals surface area contributed by atoms with Gasteiger partial charge in [-0.3, -0.25) is 14.3 Å². The molecule has 29 heavy (non-hydrogen) atoms. The Labute approximate surface area is 170 Å². The van der Waals surface area contributed by atoms with Crippen LogP contribution in [0.3, 0.4) is 0 Å². The summed E-state index contributed by atoms with van der Waals surface area (Å²) < 4.78 is 19.3. The van der Waals surface area contributed by atoms with Gasteiger partial charge in [-0.2, -0.15) is 4.98 Å². The van der Waals surface area contributed by atoms with Gasteiger partial charge in [0.2, 0.25) is 11.9 Å². The van der Waals surface area contributed by atoms with Gasteiger partial charge in [-0.05, 0) is 62.1 Å². The first-order chi connectivity index (χ1) is 14.2. The fourth-order valence-electron chi connectivity index (χ4n) is 3.52. The van der Waals surface area contributed by atoms with Crippen molar-refractivity contribution in [3.8, 4) is 17.0 Å². The first kappa shape index (κ1) is 18.3. The summed E-state index contributed by atoms with van der Waals surface area (Å²) in [5.74, 6) is 2.69. The molecule has 0 spiro atoms. The predicted molar refractivity (Wildman–Crippen MR) is 111 cm³/mol. The van der Waals surface area contributed by atoms with Gasteiger partial charge in [0.05, 0.1) is 5.69 Å². The van der Waals surface area contributed by atoms with E-state index in [1.165, 1.54) is 0 Å². The van der Waals surface area contributed by atoms with Gasteiger partial charge >= 0.3 is 0 Å². The summed E-state index contributed by atoms with van der Waals surface area (Å²) in [6, 6.07) is 13.7. The lowest BCUT2D eigenvalue weighted by molar-refractivity contribution is -0.117. The summed E-state index contributed by atoms with van der Waals surface area (Å²) >= 11 is 0. The van der Waals surface area contributed by atoms with E-state index in [2.05, 4.69) is 15.4 Å². The molecule has 1 aromatic carbocycles. The van der Waals surface area contributed by atoms with Gasteiger partial charge < -0.3 is 4.74 Å². The third kappa shape index (κ3) is 4.03. The zero-order valence-electron chi connectivity index (χ0n) is 15.9. The van der Waals surface area contributed by atoms with E-state index in [9.17, 15) is 9.00 Å². The van der Waals surface area contributed by atoms with E-state index in [1.807, 2.05) is 42.5 Å². The van der Waals surface area contributed by atoms with Crippen molar-refractivity contribution >= 4 is 28.3 Å². The molecular formula is C21H22N4O3S. The van der Waals surface area contributed by atoms with E-state index in [4.69, 9.17) is 4.74 Å². The van der Waals surface area contributed by atoms with E-state index in [0.29, 0.717) is 11.6 Å². The Bertz CT molecular complexity index is 1070. The molecule has 1 amide bonds. The number of rotatable bonds is 5. The Morgan fingerprint density at radius 3 is 2.55 bits per heavy atom. The number of hydrogen-bond acceptors (Lipinski definition) is 5. The van der Waals surface area contributed by atoms with Gasteiger partial charge in [0.15, 0.2) is 5.65 Å². The van der Waals surface area contributed by atoms with E-state index >= 15 is 0 Å². The van der Waals surface area contributed by atoms with Crippen LogP contribution in [0.4, 0.5) is 5.95 Å². The standard InChI is InChI=1S/C21H22N4O3S/c26-20(15-4-5-15)23-21-22-19-3-1-2-18(25(19)24-21)14-6-8-16(9-7-14)28-17-10-12-29(27)13-11-17/h1-3,6-9,15,17H,4-5,10-13H2,(H,23,24,26). The Kier molecular flexibility index (Phi) is 4.79. The second-order valence-corrected chi connectivity index (χ2v) is 9.27. The first-order valence-corrected chi connectivity index (χ1v) is 11.4. The van der Waals surface area contributed by atoms with Crippen molar-refractivity contribution in [3.05, 3.63) is 42.5 Å². The number of nitrogens with zero attached hydrogens (tertiary/aromatic N) is 3. The Hall–Kier alpha value is -2.74. The number of nitrogens with one attached hydrogen (secondary N) is 1. The van der Waals surface area contributed by atoms with Crippen LogP contribution in [0.25, 0.3) is 16.9 Å². The maximum atomic E-state index is 12.0. The van der Waals surface area contributed by atoms with Crippen molar-refractivity contribution in [2.45, 2.75) is 31.8 Å². The number of pyridine rings is 1. The van der Waals surface area contributed by atoms with Crippen LogP contribution in [0.5, 0.6) is 5.75 Å². The van der Waals surface area contributed by atoms with Crippen LogP contribution in [0.2, 0.25) is 0 Å². The third-order valence-corrected chi connectivity index (χ3v) is 6.71. The number of anilines is 1. The molecule has 3 aromatic rings. The smallest absolute Gasteiger partial charge is 0.249 e. The maximum absolute atomic E-state index is 12.0. The number of amides is 1. The third-order valence-electron chi connectivity index (χ3n) is 5.33. The highest BCUT2D eigenvalue weighted by Crippen LogP contribution is 2.30. The summed E-state index contributed by atoms with van der Waals surface area (Å²) in [6.07, 6.45) is 3.69. The molecule has 0 bridgehead atoms. The second-order valence-electron chi connectivity index (χ2n) is 7.57. The van der Waals surface area contributed by atoms with Crippen LogP contribution in [0.1, 0.15) is 25.7 Å². The monoisotopic (exact) mass is 410 g/mol.